The Morgan fingerprint density at radius 3 is 2.40 bits per heavy atom. The van der Waals surface area contributed by atoms with Gasteiger partial charge >= 0.3 is 12.0 Å². The topological polar surface area (TPSA) is 60.9 Å². The number of carbonyl (C=O) groups is 2. The highest BCUT2D eigenvalue weighted by Gasteiger charge is 2.34. The van der Waals surface area contributed by atoms with Gasteiger partial charge in [0.25, 0.3) is 0 Å². The molecule has 0 aromatic carbocycles. The van der Waals surface area contributed by atoms with Crippen LogP contribution >= 0.6 is 0 Å². The van der Waals surface area contributed by atoms with Crippen molar-refractivity contribution in [2.45, 2.75) is 46.0 Å². The lowest BCUT2D eigenvalue weighted by Gasteiger charge is -2.42. The van der Waals surface area contributed by atoms with Gasteiger partial charge in [-0.2, -0.15) is 0 Å². The van der Waals surface area contributed by atoms with Gasteiger partial charge in [-0.1, -0.05) is 20.3 Å². The summed E-state index contributed by atoms with van der Waals surface area (Å²) < 4.78 is 0. The van der Waals surface area contributed by atoms with Gasteiger partial charge in [0.2, 0.25) is 0 Å². The van der Waals surface area contributed by atoms with E-state index in [0.29, 0.717) is 24.9 Å². The molecule has 0 aromatic rings. The molecule has 1 N–H and O–H groups in total. The molecule has 5 heteroatoms. The third-order valence-corrected chi connectivity index (χ3v) is 5.14. The van der Waals surface area contributed by atoms with Gasteiger partial charge < -0.3 is 14.9 Å². The largest absolute Gasteiger partial charge is 0.481 e. The summed E-state index contributed by atoms with van der Waals surface area (Å²) in [7, 11) is 0. The van der Waals surface area contributed by atoms with Gasteiger partial charge in [0.05, 0.1) is 5.92 Å². The summed E-state index contributed by atoms with van der Waals surface area (Å²) in [6, 6.07) is 0.0362. The summed E-state index contributed by atoms with van der Waals surface area (Å²) in [5.41, 5.74) is 0.363. The zero-order valence-electron chi connectivity index (χ0n) is 12.6. The predicted octanol–water partition coefficient (Wildman–Crippen LogP) is 2.42. The maximum atomic E-state index is 12.5. The van der Waals surface area contributed by atoms with Crippen LogP contribution in [0, 0.1) is 11.3 Å². The van der Waals surface area contributed by atoms with Crippen LogP contribution in [0.25, 0.3) is 0 Å². The van der Waals surface area contributed by atoms with Crippen LogP contribution in [-0.4, -0.2) is 53.1 Å². The maximum Gasteiger partial charge on any atom is 0.320 e. The van der Waals surface area contributed by atoms with E-state index >= 15 is 0 Å². The molecule has 2 heterocycles. The molecule has 2 amide bonds. The van der Waals surface area contributed by atoms with E-state index in [1.165, 1.54) is 0 Å². The number of hydrogen-bond donors (Lipinski definition) is 1. The average Bonchev–Trinajstić information content (AvgIpc) is 2.47. The highest BCUT2D eigenvalue weighted by Crippen LogP contribution is 2.34. The summed E-state index contributed by atoms with van der Waals surface area (Å²) in [4.78, 5) is 27.2. The predicted molar refractivity (Wildman–Crippen MR) is 76.5 cm³/mol. The lowest BCUT2D eigenvalue weighted by Crippen LogP contribution is -2.51. The van der Waals surface area contributed by atoms with Gasteiger partial charge in [0.1, 0.15) is 0 Å². The monoisotopic (exact) mass is 282 g/mol. The quantitative estimate of drug-likeness (QED) is 0.846. The first-order chi connectivity index (χ1) is 9.45. The lowest BCUT2D eigenvalue weighted by molar-refractivity contribution is -0.143. The molecular formula is C15H26N2O3. The number of nitrogens with zero attached hydrogens (tertiary/aromatic N) is 2. The number of carboxylic acid groups (broad SMARTS) is 1. The minimum Gasteiger partial charge on any atom is -0.481 e. The fourth-order valence-corrected chi connectivity index (χ4v) is 3.14. The number of amides is 2. The van der Waals surface area contributed by atoms with E-state index in [4.69, 9.17) is 5.11 Å². The second-order valence-corrected chi connectivity index (χ2v) is 6.56. The summed E-state index contributed by atoms with van der Waals surface area (Å²) in [6.45, 7) is 7.17. The number of rotatable bonds is 2. The van der Waals surface area contributed by atoms with Crippen LogP contribution in [0.1, 0.15) is 46.0 Å². The number of urea groups is 1. The van der Waals surface area contributed by atoms with E-state index in [1.807, 2.05) is 4.90 Å². The first-order valence-corrected chi connectivity index (χ1v) is 7.72. The highest BCUT2D eigenvalue weighted by atomic mass is 16.4. The van der Waals surface area contributed by atoms with Crippen LogP contribution in [0.4, 0.5) is 4.79 Å². The van der Waals surface area contributed by atoms with Crippen molar-refractivity contribution in [3.8, 4) is 0 Å². The van der Waals surface area contributed by atoms with Gasteiger partial charge in [-0.3, -0.25) is 4.79 Å². The molecule has 5 nitrogen and oxygen atoms in total. The molecule has 1 atom stereocenters. The molecule has 2 rings (SSSR count). The molecule has 2 aliphatic heterocycles. The molecule has 2 fully saturated rings. The molecule has 0 aromatic heterocycles. The summed E-state index contributed by atoms with van der Waals surface area (Å²) >= 11 is 0. The number of piperidine rings is 2. The van der Waals surface area contributed by atoms with Crippen molar-refractivity contribution < 1.29 is 14.7 Å². The Kier molecular flexibility index (Phi) is 4.55. The SMILES string of the molecule is CCC1(C)CCN(C(=O)N2CCC[C@H](C(=O)O)C2)CC1. The van der Waals surface area contributed by atoms with Crippen LogP contribution in [0.2, 0.25) is 0 Å². The Morgan fingerprint density at radius 1 is 1.20 bits per heavy atom. The van der Waals surface area contributed by atoms with Crippen molar-refractivity contribution in [3.05, 3.63) is 0 Å². The number of carbonyl (C=O) groups excluding carboxylic acids is 1. The van der Waals surface area contributed by atoms with E-state index < -0.39 is 11.9 Å². The smallest absolute Gasteiger partial charge is 0.320 e. The first-order valence-electron chi connectivity index (χ1n) is 7.72. The van der Waals surface area contributed by atoms with Gasteiger partial charge in [-0.05, 0) is 31.1 Å². The van der Waals surface area contributed by atoms with Crippen LogP contribution in [0.3, 0.4) is 0 Å². The van der Waals surface area contributed by atoms with Crippen LogP contribution in [0.5, 0.6) is 0 Å². The third kappa shape index (κ3) is 3.25. The van der Waals surface area contributed by atoms with Crippen molar-refractivity contribution in [1.29, 1.82) is 0 Å². The Balaban J connectivity index is 1.90. The molecule has 2 aliphatic rings. The van der Waals surface area contributed by atoms with Crippen LogP contribution < -0.4 is 0 Å². The number of carboxylic acids is 1. The zero-order chi connectivity index (χ0) is 14.8. The highest BCUT2D eigenvalue weighted by molar-refractivity contribution is 5.76. The second kappa shape index (κ2) is 6.02. The minimum atomic E-state index is -0.778. The Bertz CT molecular complexity index is 375. The third-order valence-electron chi connectivity index (χ3n) is 5.14. The van der Waals surface area contributed by atoms with Gasteiger partial charge in [-0.25, -0.2) is 4.79 Å². The molecule has 0 unspecified atom stereocenters. The Morgan fingerprint density at radius 2 is 1.85 bits per heavy atom. The van der Waals surface area contributed by atoms with Crippen LogP contribution in [0.15, 0.2) is 0 Å². The second-order valence-electron chi connectivity index (χ2n) is 6.56. The lowest BCUT2D eigenvalue weighted by atomic mass is 9.78. The fraction of sp³-hybridized carbons (Fsp3) is 0.867. The standard InChI is InChI=1S/C15H26N2O3/c1-3-15(2)6-9-16(10-7-15)14(20)17-8-4-5-12(11-17)13(18)19/h12H,3-11H2,1-2H3,(H,18,19)/t12-/m0/s1. The normalized spacial score (nSPS) is 26.4. The summed E-state index contributed by atoms with van der Waals surface area (Å²) in [5, 5.41) is 9.10. The van der Waals surface area contributed by atoms with E-state index in [-0.39, 0.29) is 6.03 Å². The first kappa shape index (κ1) is 15.1. The van der Waals surface area contributed by atoms with Crippen LogP contribution in [-0.2, 0) is 4.79 Å². The molecule has 0 radical (unpaired) electrons. The van der Waals surface area contributed by atoms with Gasteiger partial charge in [-0.15, -0.1) is 0 Å². The molecule has 2 saturated heterocycles. The molecule has 0 bridgehead atoms. The van der Waals surface area contributed by atoms with Gasteiger partial charge in [0, 0.05) is 26.2 Å². The number of aliphatic carboxylic acids is 1. The van der Waals surface area contributed by atoms with Crippen molar-refractivity contribution in [2.75, 3.05) is 26.2 Å². The molecule has 20 heavy (non-hydrogen) atoms. The Labute approximate surface area is 120 Å². The molecule has 0 aliphatic carbocycles. The van der Waals surface area contributed by atoms with Crippen molar-refractivity contribution >= 4 is 12.0 Å². The van der Waals surface area contributed by atoms with Crippen molar-refractivity contribution in [2.24, 2.45) is 11.3 Å². The number of likely N-dealkylation sites (tertiary alicyclic amines) is 2. The molecule has 0 spiro atoms. The Hall–Kier alpha value is -1.26. The molecular weight excluding hydrogens is 256 g/mol. The molecule has 114 valence electrons. The molecule has 0 saturated carbocycles. The average molecular weight is 282 g/mol. The minimum absolute atomic E-state index is 0.0362. The van der Waals surface area contributed by atoms with Gasteiger partial charge in [0.15, 0.2) is 0 Å². The summed E-state index contributed by atoms with van der Waals surface area (Å²) in [6.07, 6.45) is 4.73. The van der Waals surface area contributed by atoms with E-state index in [9.17, 15) is 9.59 Å². The van der Waals surface area contributed by atoms with Crippen molar-refractivity contribution in [1.82, 2.24) is 9.80 Å². The van der Waals surface area contributed by atoms with E-state index in [1.54, 1.807) is 4.90 Å². The summed E-state index contributed by atoms with van der Waals surface area (Å²) in [5.74, 6) is -1.17. The fourth-order valence-electron chi connectivity index (χ4n) is 3.14. The number of hydrogen-bond acceptors (Lipinski definition) is 2. The maximum absolute atomic E-state index is 12.5. The zero-order valence-corrected chi connectivity index (χ0v) is 12.6. The van der Waals surface area contributed by atoms with Crippen molar-refractivity contribution in [3.63, 3.8) is 0 Å². The van der Waals surface area contributed by atoms with E-state index in [0.717, 1.165) is 38.8 Å². The van der Waals surface area contributed by atoms with E-state index in [2.05, 4.69) is 13.8 Å².